The molecule has 0 unspecified atom stereocenters. The van der Waals surface area contributed by atoms with Crippen LogP contribution in [0.25, 0.3) is 0 Å². The van der Waals surface area contributed by atoms with Crippen LogP contribution in [0.15, 0.2) is 47.4 Å². The van der Waals surface area contributed by atoms with Crippen molar-refractivity contribution in [1.82, 2.24) is 4.72 Å². The van der Waals surface area contributed by atoms with Crippen LogP contribution in [0.5, 0.6) is 11.5 Å². The number of ether oxygens (including phenoxy) is 2. The first-order valence-electron chi connectivity index (χ1n) is 9.29. The highest BCUT2D eigenvalue weighted by molar-refractivity contribution is 7.94. The van der Waals surface area contributed by atoms with E-state index in [0.717, 1.165) is 6.07 Å². The number of methoxy groups -OCH3 is 2. The molecule has 0 saturated carbocycles. The Morgan fingerprint density at radius 1 is 1.06 bits per heavy atom. The van der Waals surface area contributed by atoms with Crippen LogP contribution in [-0.4, -0.2) is 42.7 Å². The number of carbonyl (C=O) groups excluding carboxylic acids is 1. The molecule has 1 N–H and O–H groups in total. The Hall–Kier alpha value is -2.63. The lowest BCUT2D eigenvalue weighted by Gasteiger charge is -2.19. The molecule has 0 bridgehead atoms. The summed E-state index contributed by atoms with van der Waals surface area (Å²) in [6.07, 6.45) is 0. The van der Waals surface area contributed by atoms with Crippen LogP contribution in [0.1, 0.15) is 19.4 Å². The standard InChI is InChI=1S/C20H24N2O7S2/c1-20(2)13-30(24,25)22(19(20)23)15-7-10-17(29-4)18(11-15)31(26,27)21-12-14-5-8-16(28-3)9-6-14/h5-11,21H,12-13H2,1-4H3. The molecule has 0 radical (unpaired) electrons. The minimum absolute atomic E-state index is 0.00627. The van der Waals surface area contributed by atoms with E-state index in [9.17, 15) is 21.6 Å². The van der Waals surface area contributed by atoms with Gasteiger partial charge in [-0.1, -0.05) is 12.1 Å². The Morgan fingerprint density at radius 2 is 1.71 bits per heavy atom. The van der Waals surface area contributed by atoms with Crippen LogP contribution < -0.4 is 18.5 Å². The smallest absolute Gasteiger partial charge is 0.247 e. The molecule has 1 aliphatic heterocycles. The van der Waals surface area contributed by atoms with Gasteiger partial charge in [-0.2, -0.15) is 0 Å². The van der Waals surface area contributed by atoms with Crippen LogP contribution in [0.2, 0.25) is 0 Å². The third-order valence-electron chi connectivity index (χ3n) is 4.88. The van der Waals surface area contributed by atoms with E-state index in [1.807, 2.05) is 0 Å². The maximum Gasteiger partial charge on any atom is 0.247 e. The number of hydrogen-bond donors (Lipinski definition) is 1. The first-order chi connectivity index (χ1) is 14.4. The quantitative estimate of drug-likeness (QED) is 0.659. The second-order valence-corrected chi connectivity index (χ2v) is 11.3. The maximum absolute atomic E-state index is 13.0. The second kappa shape index (κ2) is 8.13. The lowest BCUT2D eigenvalue weighted by molar-refractivity contribution is -0.123. The van der Waals surface area contributed by atoms with Gasteiger partial charge in [0, 0.05) is 6.54 Å². The first-order valence-corrected chi connectivity index (χ1v) is 12.4. The molecule has 2 aromatic rings. The number of carbonyl (C=O) groups is 1. The molecule has 31 heavy (non-hydrogen) atoms. The Bertz CT molecular complexity index is 1200. The Balaban J connectivity index is 1.95. The maximum atomic E-state index is 13.0. The normalized spacial score (nSPS) is 17.5. The third kappa shape index (κ3) is 4.53. The van der Waals surface area contributed by atoms with Crippen molar-refractivity contribution in [2.75, 3.05) is 24.3 Å². The SMILES string of the molecule is COc1ccc(CNS(=O)(=O)c2cc(N3C(=O)C(C)(C)CS3(=O)=O)ccc2OC)cc1. The van der Waals surface area contributed by atoms with Crippen LogP contribution in [0, 0.1) is 5.41 Å². The lowest BCUT2D eigenvalue weighted by Crippen LogP contribution is -2.33. The minimum atomic E-state index is -4.09. The predicted molar refractivity (Wildman–Crippen MR) is 115 cm³/mol. The fourth-order valence-electron chi connectivity index (χ4n) is 3.26. The van der Waals surface area contributed by atoms with E-state index < -0.39 is 31.4 Å². The zero-order valence-electron chi connectivity index (χ0n) is 17.6. The Morgan fingerprint density at radius 3 is 2.23 bits per heavy atom. The van der Waals surface area contributed by atoms with Gasteiger partial charge in [-0.15, -0.1) is 0 Å². The molecule has 11 heteroatoms. The summed E-state index contributed by atoms with van der Waals surface area (Å²) in [5.41, 5.74) is -0.468. The van der Waals surface area contributed by atoms with Gasteiger partial charge >= 0.3 is 0 Å². The second-order valence-electron chi connectivity index (χ2n) is 7.72. The molecule has 0 aromatic heterocycles. The number of nitrogens with zero attached hydrogens (tertiary/aromatic N) is 1. The van der Waals surface area contributed by atoms with Gasteiger partial charge in [0.25, 0.3) is 0 Å². The van der Waals surface area contributed by atoms with Crippen molar-refractivity contribution in [3.8, 4) is 11.5 Å². The van der Waals surface area contributed by atoms with E-state index in [1.165, 1.54) is 40.2 Å². The van der Waals surface area contributed by atoms with Gasteiger partial charge in [-0.05, 0) is 49.7 Å². The number of benzene rings is 2. The van der Waals surface area contributed by atoms with Gasteiger partial charge in [0.1, 0.15) is 16.4 Å². The number of amides is 1. The van der Waals surface area contributed by atoms with Crippen LogP contribution in [0.4, 0.5) is 5.69 Å². The van der Waals surface area contributed by atoms with Gasteiger partial charge in [0.15, 0.2) is 0 Å². The molecule has 0 spiro atoms. The molecular weight excluding hydrogens is 444 g/mol. The zero-order valence-corrected chi connectivity index (χ0v) is 19.2. The van der Waals surface area contributed by atoms with Crippen molar-refractivity contribution >= 4 is 31.6 Å². The van der Waals surface area contributed by atoms with Crippen LogP contribution in [0.3, 0.4) is 0 Å². The number of anilines is 1. The first kappa shape index (κ1) is 23.0. The van der Waals surface area contributed by atoms with Crippen molar-refractivity contribution in [2.45, 2.75) is 25.3 Å². The van der Waals surface area contributed by atoms with Gasteiger partial charge in [0.05, 0.1) is 31.1 Å². The summed E-state index contributed by atoms with van der Waals surface area (Å²) in [4.78, 5) is 12.4. The van der Waals surface area contributed by atoms with Crippen LogP contribution in [-0.2, 0) is 31.4 Å². The summed E-state index contributed by atoms with van der Waals surface area (Å²) in [7, 11) is -5.18. The lowest BCUT2D eigenvalue weighted by atomic mass is 9.95. The molecule has 1 heterocycles. The van der Waals surface area contributed by atoms with Gasteiger partial charge < -0.3 is 9.47 Å². The zero-order chi connectivity index (χ0) is 23.0. The summed E-state index contributed by atoms with van der Waals surface area (Å²) in [6.45, 7) is 3.06. The van der Waals surface area contributed by atoms with Crippen LogP contribution >= 0.6 is 0 Å². The summed E-state index contributed by atoms with van der Waals surface area (Å²) in [5.74, 6) is -0.315. The number of nitrogens with one attached hydrogen (secondary N) is 1. The van der Waals surface area contributed by atoms with Gasteiger partial charge in [0.2, 0.25) is 26.0 Å². The summed E-state index contributed by atoms with van der Waals surface area (Å²) in [5, 5.41) is 0. The molecule has 1 saturated heterocycles. The molecule has 1 fully saturated rings. The van der Waals surface area contributed by atoms with E-state index in [4.69, 9.17) is 9.47 Å². The van der Waals surface area contributed by atoms with Crippen molar-refractivity contribution in [1.29, 1.82) is 0 Å². The molecule has 0 aliphatic carbocycles. The fraction of sp³-hybridized carbons (Fsp3) is 0.350. The molecule has 168 valence electrons. The van der Waals surface area contributed by atoms with Crippen molar-refractivity contribution < 1.29 is 31.1 Å². The fourth-order valence-corrected chi connectivity index (χ4v) is 6.57. The van der Waals surface area contributed by atoms with E-state index in [2.05, 4.69) is 4.72 Å². The van der Waals surface area contributed by atoms with E-state index in [1.54, 1.807) is 24.3 Å². The molecule has 1 aliphatic rings. The van der Waals surface area contributed by atoms with Gasteiger partial charge in [-0.25, -0.2) is 25.9 Å². The molecular formula is C20H24N2O7S2. The molecule has 1 amide bonds. The summed E-state index contributed by atoms with van der Waals surface area (Å²) >= 11 is 0. The topological polar surface area (TPSA) is 119 Å². The molecule has 0 atom stereocenters. The van der Waals surface area contributed by atoms with Crippen molar-refractivity contribution in [2.24, 2.45) is 5.41 Å². The van der Waals surface area contributed by atoms with E-state index in [0.29, 0.717) is 15.6 Å². The number of sulfonamides is 2. The Kier molecular flexibility index (Phi) is 6.05. The highest BCUT2D eigenvalue weighted by atomic mass is 32.2. The predicted octanol–water partition coefficient (Wildman–Crippen LogP) is 1.88. The average Bonchev–Trinajstić information content (AvgIpc) is 2.88. The van der Waals surface area contributed by atoms with E-state index in [-0.39, 0.29) is 28.6 Å². The molecule has 2 aromatic carbocycles. The monoisotopic (exact) mass is 468 g/mol. The number of hydrogen-bond acceptors (Lipinski definition) is 7. The largest absolute Gasteiger partial charge is 0.497 e. The molecule has 9 nitrogen and oxygen atoms in total. The number of rotatable bonds is 7. The highest BCUT2D eigenvalue weighted by Crippen LogP contribution is 2.38. The van der Waals surface area contributed by atoms with E-state index >= 15 is 0 Å². The third-order valence-corrected chi connectivity index (χ3v) is 8.32. The Labute approximate surface area is 182 Å². The van der Waals surface area contributed by atoms with Crippen molar-refractivity contribution in [3.63, 3.8) is 0 Å². The summed E-state index contributed by atoms with van der Waals surface area (Å²) in [6, 6.07) is 10.6. The highest BCUT2D eigenvalue weighted by Gasteiger charge is 2.50. The van der Waals surface area contributed by atoms with Crippen molar-refractivity contribution in [3.05, 3.63) is 48.0 Å². The average molecular weight is 469 g/mol. The summed E-state index contributed by atoms with van der Waals surface area (Å²) < 4.78 is 64.5. The van der Waals surface area contributed by atoms with Gasteiger partial charge in [-0.3, -0.25) is 4.79 Å². The molecule has 3 rings (SSSR count). The minimum Gasteiger partial charge on any atom is -0.497 e.